The van der Waals surface area contributed by atoms with Gasteiger partial charge in [0, 0.05) is 16.7 Å². The molecule has 2 N–H and O–H groups in total. The molecule has 1 unspecified atom stereocenters. The van der Waals surface area contributed by atoms with Crippen molar-refractivity contribution < 1.29 is 0 Å². The van der Waals surface area contributed by atoms with Gasteiger partial charge < -0.3 is 5.73 Å². The second-order valence-corrected chi connectivity index (χ2v) is 4.42. The summed E-state index contributed by atoms with van der Waals surface area (Å²) < 4.78 is 0. The van der Waals surface area contributed by atoms with Crippen molar-refractivity contribution in [2.24, 2.45) is 5.73 Å². The third-order valence-corrected chi connectivity index (χ3v) is 3.38. The Kier molecular flexibility index (Phi) is 4.77. The molecule has 0 aliphatic carbocycles. The first-order valence-electron chi connectivity index (χ1n) is 4.79. The fourth-order valence-corrected chi connectivity index (χ4v) is 2.20. The van der Waals surface area contributed by atoms with E-state index in [1.807, 2.05) is 17.8 Å². The molecule has 76 valence electrons. The molecule has 2 heteroatoms. The lowest BCUT2D eigenvalue weighted by molar-refractivity contribution is 0.769. The highest BCUT2D eigenvalue weighted by Crippen LogP contribution is 2.22. The summed E-state index contributed by atoms with van der Waals surface area (Å²) in [5.74, 6) is 0.955. The molecule has 1 aromatic rings. The molecule has 0 aliphatic rings. The summed E-state index contributed by atoms with van der Waals surface area (Å²) in [6.45, 7) is 5.81. The van der Waals surface area contributed by atoms with Crippen molar-refractivity contribution in [3.63, 3.8) is 0 Å². The third-order valence-electron chi connectivity index (χ3n) is 2.02. The molecule has 0 heterocycles. The fraction of sp³-hybridized carbons (Fsp3) is 0.333. The van der Waals surface area contributed by atoms with Crippen molar-refractivity contribution in [2.75, 3.05) is 5.75 Å². The van der Waals surface area contributed by atoms with Crippen LogP contribution in [0, 0.1) is 6.92 Å². The molecule has 0 fully saturated rings. The van der Waals surface area contributed by atoms with E-state index in [9.17, 15) is 0 Å². The second-order valence-electron chi connectivity index (χ2n) is 3.36. The Morgan fingerprint density at radius 2 is 2.21 bits per heavy atom. The van der Waals surface area contributed by atoms with E-state index in [4.69, 9.17) is 5.73 Å². The summed E-state index contributed by atoms with van der Waals surface area (Å²) in [6, 6.07) is 8.61. The topological polar surface area (TPSA) is 26.0 Å². The van der Waals surface area contributed by atoms with Gasteiger partial charge in [0.05, 0.1) is 0 Å². The predicted octanol–water partition coefficient (Wildman–Crippen LogP) is 2.99. The summed E-state index contributed by atoms with van der Waals surface area (Å²) >= 11 is 1.82. The fourth-order valence-electron chi connectivity index (χ4n) is 1.20. The van der Waals surface area contributed by atoms with Crippen LogP contribution in [-0.2, 0) is 0 Å². The number of aryl methyl sites for hydroxylation is 1. The minimum absolute atomic E-state index is 0.220. The molecule has 1 atom stereocenters. The van der Waals surface area contributed by atoms with Crippen molar-refractivity contribution in [2.45, 2.75) is 24.3 Å². The van der Waals surface area contributed by atoms with Gasteiger partial charge in [0.15, 0.2) is 0 Å². The summed E-state index contributed by atoms with van der Waals surface area (Å²) in [7, 11) is 0. The number of hydrogen-bond donors (Lipinski definition) is 1. The first kappa shape index (κ1) is 11.3. The highest BCUT2D eigenvalue weighted by atomic mass is 32.2. The van der Waals surface area contributed by atoms with Crippen molar-refractivity contribution >= 4 is 11.8 Å². The smallest absolute Gasteiger partial charge is 0.0168 e. The van der Waals surface area contributed by atoms with Crippen molar-refractivity contribution in [3.05, 3.63) is 42.5 Å². The third kappa shape index (κ3) is 3.56. The van der Waals surface area contributed by atoms with Gasteiger partial charge in [0.25, 0.3) is 0 Å². The van der Waals surface area contributed by atoms with E-state index in [0.29, 0.717) is 0 Å². The molecule has 1 aromatic carbocycles. The van der Waals surface area contributed by atoms with E-state index in [1.54, 1.807) is 0 Å². The van der Waals surface area contributed by atoms with Crippen LogP contribution < -0.4 is 5.73 Å². The van der Waals surface area contributed by atoms with Crippen molar-refractivity contribution in [1.82, 2.24) is 0 Å². The first-order chi connectivity index (χ1) is 6.74. The molecular formula is C12H17NS. The first-order valence-corrected chi connectivity index (χ1v) is 5.77. The van der Waals surface area contributed by atoms with Gasteiger partial charge in [-0.25, -0.2) is 0 Å². The molecule has 0 aromatic heterocycles. The number of nitrogens with two attached hydrogens (primary N) is 1. The molecule has 14 heavy (non-hydrogen) atoms. The van der Waals surface area contributed by atoms with Crippen LogP contribution in [0.2, 0.25) is 0 Å². The number of rotatable bonds is 5. The van der Waals surface area contributed by atoms with Gasteiger partial charge in [-0.05, 0) is 25.0 Å². The van der Waals surface area contributed by atoms with E-state index in [0.717, 1.165) is 12.2 Å². The second kappa shape index (κ2) is 5.89. The van der Waals surface area contributed by atoms with Gasteiger partial charge in [-0.2, -0.15) is 0 Å². The monoisotopic (exact) mass is 207 g/mol. The maximum Gasteiger partial charge on any atom is 0.0168 e. The van der Waals surface area contributed by atoms with Crippen molar-refractivity contribution in [1.29, 1.82) is 0 Å². The Morgan fingerprint density at radius 1 is 1.50 bits per heavy atom. The molecule has 0 saturated carbocycles. The SMILES string of the molecule is C=CCC(N)CSc1ccccc1C. The van der Waals surface area contributed by atoms with Crippen molar-refractivity contribution in [3.8, 4) is 0 Å². The maximum atomic E-state index is 5.89. The largest absolute Gasteiger partial charge is 0.327 e. The Balaban J connectivity index is 2.45. The minimum Gasteiger partial charge on any atom is -0.327 e. The van der Waals surface area contributed by atoms with Crippen LogP contribution in [0.4, 0.5) is 0 Å². The van der Waals surface area contributed by atoms with Gasteiger partial charge in [-0.15, -0.1) is 18.3 Å². The average Bonchev–Trinajstić information content (AvgIpc) is 2.17. The molecule has 0 spiro atoms. The zero-order valence-corrected chi connectivity index (χ0v) is 9.39. The van der Waals surface area contributed by atoms with Gasteiger partial charge in [-0.3, -0.25) is 0 Å². The van der Waals surface area contributed by atoms with Gasteiger partial charge in [-0.1, -0.05) is 24.3 Å². The summed E-state index contributed by atoms with van der Waals surface area (Å²) in [6.07, 6.45) is 2.77. The molecular weight excluding hydrogens is 190 g/mol. The minimum atomic E-state index is 0.220. The van der Waals surface area contributed by atoms with Crippen LogP contribution in [0.15, 0.2) is 41.8 Å². The standard InChI is InChI=1S/C12H17NS/c1-3-6-11(13)9-14-12-8-5-4-7-10(12)2/h3-5,7-8,11H,1,6,9,13H2,2H3. The number of benzene rings is 1. The lowest BCUT2D eigenvalue weighted by atomic mass is 10.2. The van der Waals surface area contributed by atoms with E-state index >= 15 is 0 Å². The molecule has 0 saturated heterocycles. The summed E-state index contributed by atoms with van der Waals surface area (Å²) in [4.78, 5) is 1.33. The van der Waals surface area contributed by atoms with E-state index in [-0.39, 0.29) is 6.04 Å². The number of hydrogen-bond acceptors (Lipinski definition) is 2. The zero-order valence-electron chi connectivity index (χ0n) is 8.57. The summed E-state index contributed by atoms with van der Waals surface area (Å²) in [5, 5.41) is 0. The Morgan fingerprint density at radius 3 is 2.86 bits per heavy atom. The normalized spacial score (nSPS) is 12.4. The lowest BCUT2D eigenvalue weighted by Crippen LogP contribution is -2.21. The zero-order chi connectivity index (χ0) is 10.4. The number of thioether (sulfide) groups is 1. The van der Waals surface area contributed by atoms with Crippen LogP contribution in [0.5, 0.6) is 0 Å². The average molecular weight is 207 g/mol. The van der Waals surface area contributed by atoms with E-state index in [1.165, 1.54) is 10.5 Å². The molecule has 0 bridgehead atoms. The Labute approximate surface area is 90.4 Å². The predicted molar refractivity (Wildman–Crippen MR) is 64.7 cm³/mol. The van der Waals surface area contributed by atoms with Crippen LogP contribution in [-0.4, -0.2) is 11.8 Å². The van der Waals surface area contributed by atoms with Crippen LogP contribution in [0.1, 0.15) is 12.0 Å². The van der Waals surface area contributed by atoms with E-state index < -0.39 is 0 Å². The van der Waals surface area contributed by atoms with Gasteiger partial charge in [0.2, 0.25) is 0 Å². The molecule has 0 amide bonds. The molecule has 1 rings (SSSR count). The van der Waals surface area contributed by atoms with Crippen LogP contribution in [0.3, 0.4) is 0 Å². The van der Waals surface area contributed by atoms with E-state index in [2.05, 4.69) is 37.8 Å². The van der Waals surface area contributed by atoms with Gasteiger partial charge in [0.1, 0.15) is 0 Å². The van der Waals surface area contributed by atoms with Crippen LogP contribution in [0.25, 0.3) is 0 Å². The molecule has 0 radical (unpaired) electrons. The maximum absolute atomic E-state index is 5.89. The van der Waals surface area contributed by atoms with Gasteiger partial charge >= 0.3 is 0 Å². The quantitative estimate of drug-likeness (QED) is 0.593. The summed E-state index contributed by atoms with van der Waals surface area (Å²) in [5.41, 5.74) is 7.21. The lowest BCUT2D eigenvalue weighted by Gasteiger charge is -2.09. The Bertz CT molecular complexity index is 296. The highest BCUT2D eigenvalue weighted by Gasteiger charge is 2.02. The highest BCUT2D eigenvalue weighted by molar-refractivity contribution is 7.99. The molecule has 1 nitrogen and oxygen atoms in total. The van der Waals surface area contributed by atoms with Crippen LogP contribution >= 0.6 is 11.8 Å². The Hall–Kier alpha value is -0.730. The molecule has 0 aliphatic heterocycles.